The average Bonchev–Trinajstić information content (AvgIpc) is 2.79. The van der Waals surface area contributed by atoms with Crippen molar-refractivity contribution in [2.45, 2.75) is 0 Å². The first-order chi connectivity index (χ1) is 7.18. The van der Waals surface area contributed by atoms with Crippen LogP contribution in [0.4, 0.5) is 11.4 Å². The average molecular weight is 367 g/mol. The van der Waals surface area contributed by atoms with Crippen LogP contribution < -0.4 is 0 Å². The topological polar surface area (TPSA) is 50.5 Å². The van der Waals surface area contributed by atoms with Crippen LogP contribution in [0, 0.1) is 0 Å². The molecule has 1 aromatic carbocycles. The molecule has 0 N–H and O–H groups in total. The number of benzene rings is 1. The summed E-state index contributed by atoms with van der Waals surface area (Å²) in [6, 6.07) is 0. The van der Waals surface area contributed by atoms with Gasteiger partial charge in [-0.05, 0) is 31.9 Å². The van der Waals surface area contributed by atoms with Gasteiger partial charge in [0.15, 0.2) is 0 Å². The van der Waals surface area contributed by atoms with Gasteiger partial charge in [0.25, 0.3) is 0 Å². The molecule has 0 bridgehead atoms. The molecule has 4 nitrogen and oxygen atoms in total. The Morgan fingerprint density at radius 1 is 1.00 bits per heavy atom. The zero-order valence-corrected chi connectivity index (χ0v) is 12.2. The highest BCUT2D eigenvalue weighted by molar-refractivity contribution is 9.11. The van der Waals surface area contributed by atoms with E-state index in [1.54, 1.807) is 0 Å². The third kappa shape index (κ3) is 1.38. The Bertz CT molecular complexity index is 617. The lowest BCUT2D eigenvalue weighted by molar-refractivity contribution is 1.49. The van der Waals surface area contributed by atoms with Crippen LogP contribution in [0.25, 0.3) is 11.0 Å². The van der Waals surface area contributed by atoms with Gasteiger partial charge in [0, 0.05) is 0 Å². The number of nitrogens with zero attached hydrogens (tertiary/aromatic N) is 4. The molecule has 0 amide bonds. The van der Waals surface area contributed by atoms with Gasteiger partial charge in [0.2, 0.25) is 0 Å². The normalized spacial score (nSPS) is 15.1. The highest BCUT2D eigenvalue weighted by Gasteiger charge is 2.18. The number of rotatable bonds is 0. The van der Waals surface area contributed by atoms with E-state index in [9.17, 15) is 0 Å². The molecular weight excluding hydrogens is 364 g/mol. The van der Waals surface area contributed by atoms with Crippen LogP contribution in [-0.2, 0) is 10.5 Å². The molecule has 0 atom stereocenters. The van der Waals surface area contributed by atoms with E-state index >= 15 is 0 Å². The highest BCUT2D eigenvalue weighted by atomic mass is 79.9. The van der Waals surface area contributed by atoms with Crippen LogP contribution >= 0.6 is 43.6 Å². The summed E-state index contributed by atoms with van der Waals surface area (Å²) < 4.78 is 19.2. The maximum atomic E-state index is 4.46. The molecule has 1 aromatic heterocycles. The van der Waals surface area contributed by atoms with E-state index in [2.05, 4.69) is 49.3 Å². The first kappa shape index (κ1) is 10.1. The molecule has 78 valence electrons. The Balaban J connectivity index is 2.55. The van der Waals surface area contributed by atoms with Crippen molar-refractivity contribution in [2.24, 2.45) is 8.73 Å². The number of halogens is 2. The Morgan fingerprint density at radius 2 is 1.47 bits per heavy atom. The second-order valence-electron chi connectivity index (χ2n) is 2.92. The van der Waals surface area contributed by atoms with Crippen molar-refractivity contribution in [2.75, 3.05) is 6.26 Å². The summed E-state index contributed by atoms with van der Waals surface area (Å²) in [7, 11) is -0.284. The number of hydrogen-bond donors (Lipinski definition) is 0. The van der Waals surface area contributed by atoms with Crippen LogP contribution in [0.2, 0.25) is 0 Å². The predicted octanol–water partition coefficient (Wildman–Crippen LogP) is 4.11. The highest BCUT2D eigenvalue weighted by Crippen LogP contribution is 2.49. The first-order valence-electron chi connectivity index (χ1n) is 3.91. The maximum absolute atomic E-state index is 4.46. The van der Waals surface area contributed by atoms with Gasteiger partial charge in [-0.3, -0.25) is 10.5 Å². The predicted molar refractivity (Wildman–Crippen MR) is 70.3 cm³/mol. The Labute approximate surface area is 109 Å². The van der Waals surface area contributed by atoms with Gasteiger partial charge in [0.1, 0.15) is 11.0 Å². The molecule has 0 spiro atoms. The zero-order valence-electron chi connectivity index (χ0n) is 7.36. The van der Waals surface area contributed by atoms with E-state index in [1.807, 2.05) is 6.26 Å². The van der Waals surface area contributed by atoms with Gasteiger partial charge >= 0.3 is 0 Å². The molecule has 1 aliphatic rings. The molecule has 2 aromatic rings. The van der Waals surface area contributed by atoms with Gasteiger partial charge in [0.05, 0.1) is 32.0 Å². The summed E-state index contributed by atoms with van der Waals surface area (Å²) in [5.41, 5.74) is 3.47. The number of aromatic nitrogens is 2. The summed E-state index contributed by atoms with van der Waals surface area (Å²) in [5, 5.41) is 0. The third-order valence-electron chi connectivity index (χ3n) is 1.99. The molecule has 1 aliphatic heterocycles. The number of fused-ring (bicyclic) bond motifs is 2. The standard InChI is InChI=1S/C7H3Br2N4S2/c1-15-12-6-2(8)4-5(11-14-10-4)3(9)7(6)13-15/h1H3/q-1. The molecule has 8 heteroatoms. The van der Waals surface area contributed by atoms with Crippen molar-refractivity contribution in [1.82, 2.24) is 8.75 Å². The second-order valence-corrected chi connectivity index (χ2v) is 6.29. The third-order valence-corrected chi connectivity index (χ3v) is 4.92. The van der Waals surface area contributed by atoms with Gasteiger partial charge in [-0.25, -0.2) is 0 Å². The van der Waals surface area contributed by atoms with Crippen molar-refractivity contribution in [3.63, 3.8) is 0 Å². The van der Waals surface area contributed by atoms with E-state index in [4.69, 9.17) is 0 Å². The lowest BCUT2D eigenvalue weighted by atomic mass is 10.2. The minimum atomic E-state index is -0.284. The first-order valence-corrected chi connectivity index (χ1v) is 7.77. The van der Waals surface area contributed by atoms with Crippen LogP contribution in [0.3, 0.4) is 0 Å². The molecule has 0 aliphatic carbocycles. The molecule has 0 saturated heterocycles. The Hall–Kier alpha value is -0.0500. The molecule has 0 unspecified atom stereocenters. The summed E-state index contributed by atoms with van der Waals surface area (Å²) in [5.74, 6) is 0. The minimum Gasteiger partial charge on any atom is -0.382 e. The van der Waals surface area contributed by atoms with Gasteiger partial charge in [-0.15, -0.1) is 6.26 Å². The Morgan fingerprint density at radius 3 is 1.93 bits per heavy atom. The lowest BCUT2D eigenvalue weighted by Crippen LogP contribution is -1.77. The quantitative estimate of drug-likeness (QED) is 0.659. The smallest absolute Gasteiger partial charge is 0.122 e. The zero-order chi connectivity index (χ0) is 10.6. The molecule has 2 heterocycles. The molecule has 0 saturated carbocycles. The SMILES string of the molecule is C[S-]1=Nc2c(c(Br)c3nsnc3c2Br)N=1. The van der Waals surface area contributed by atoms with Crippen molar-refractivity contribution in [3.05, 3.63) is 8.95 Å². The Kier molecular flexibility index (Phi) is 2.35. The fourth-order valence-corrected chi connectivity index (χ4v) is 4.42. The molecule has 0 radical (unpaired) electrons. The largest absolute Gasteiger partial charge is 0.382 e. The van der Waals surface area contributed by atoms with Crippen LogP contribution in [0.5, 0.6) is 0 Å². The molecule has 15 heavy (non-hydrogen) atoms. The summed E-state index contributed by atoms with van der Waals surface area (Å²) in [6.07, 6.45) is 1.98. The fourth-order valence-electron chi connectivity index (χ4n) is 1.36. The van der Waals surface area contributed by atoms with Gasteiger partial charge in [-0.1, -0.05) is 0 Å². The van der Waals surface area contributed by atoms with E-state index in [0.29, 0.717) is 0 Å². The fraction of sp³-hybridized carbons (Fsp3) is 0.143. The van der Waals surface area contributed by atoms with Gasteiger partial charge in [-0.2, -0.15) is 8.75 Å². The maximum Gasteiger partial charge on any atom is 0.122 e. The van der Waals surface area contributed by atoms with E-state index in [0.717, 1.165) is 31.4 Å². The minimum absolute atomic E-state index is 0.284. The summed E-state index contributed by atoms with van der Waals surface area (Å²) in [4.78, 5) is 0. The molecular formula is C7H3Br2N4S2-. The van der Waals surface area contributed by atoms with Crippen LogP contribution in [0.1, 0.15) is 0 Å². The van der Waals surface area contributed by atoms with Crippen molar-refractivity contribution in [1.29, 1.82) is 0 Å². The lowest BCUT2D eigenvalue weighted by Gasteiger charge is -2.04. The van der Waals surface area contributed by atoms with E-state index in [1.165, 1.54) is 11.7 Å². The molecule has 0 fully saturated rings. The van der Waals surface area contributed by atoms with Crippen LogP contribution in [0.15, 0.2) is 17.7 Å². The summed E-state index contributed by atoms with van der Waals surface area (Å²) >= 11 is 8.21. The summed E-state index contributed by atoms with van der Waals surface area (Å²) in [6.45, 7) is 0. The van der Waals surface area contributed by atoms with Crippen molar-refractivity contribution in [3.8, 4) is 0 Å². The second kappa shape index (κ2) is 3.47. The van der Waals surface area contributed by atoms with Gasteiger partial charge < -0.3 is 8.73 Å². The van der Waals surface area contributed by atoms with Crippen molar-refractivity contribution >= 4 is 76.5 Å². The monoisotopic (exact) mass is 365 g/mol. The number of hydrogen-bond acceptors (Lipinski definition) is 6. The van der Waals surface area contributed by atoms with Crippen LogP contribution in [-0.4, -0.2) is 15.0 Å². The van der Waals surface area contributed by atoms with Crippen molar-refractivity contribution < 1.29 is 0 Å². The van der Waals surface area contributed by atoms with E-state index < -0.39 is 0 Å². The van der Waals surface area contributed by atoms with E-state index in [-0.39, 0.29) is 10.5 Å². The molecule has 3 rings (SSSR count).